The van der Waals surface area contributed by atoms with Crippen molar-refractivity contribution < 1.29 is 8.42 Å². The molecule has 2 rings (SSSR count). The summed E-state index contributed by atoms with van der Waals surface area (Å²) in [5.41, 5.74) is 1.16. The van der Waals surface area contributed by atoms with E-state index >= 15 is 0 Å². The Bertz CT molecular complexity index is 1010. The molecule has 3 nitrogen and oxygen atoms in total. The Labute approximate surface area is 142 Å². The molecule has 0 saturated heterocycles. The quantitative estimate of drug-likeness (QED) is 0.795. The van der Waals surface area contributed by atoms with Gasteiger partial charge in [0.15, 0.2) is 9.84 Å². The summed E-state index contributed by atoms with van der Waals surface area (Å²) >= 11 is 0. The van der Waals surface area contributed by atoms with Gasteiger partial charge in [0.2, 0.25) is 0 Å². The van der Waals surface area contributed by atoms with Crippen molar-refractivity contribution in [1.29, 1.82) is 5.26 Å². The molecular weight excluding hydrogens is 318 g/mol. The summed E-state index contributed by atoms with van der Waals surface area (Å²) in [6.45, 7) is 0. The summed E-state index contributed by atoms with van der Waals surface area (Å²) in [7, 11) is -3.38. The molecule has 0 fully saturated rings. The van der Waals surface area contributed by atoms with Gasteiger partial charge in [0, 0.05) is 5.56 Å². The zero-order valence-electron chi connectivity index (χ0n) is 12.7. The zero-order chi connectivity index (χ0) is 17.3. The Balaban J connectivity index is 1.99. The topological polar surface area (TPSA) is 57.9 Å². The number of hydrogen-bond acceptors (Lipinski definition) is 3. The van der Waals surface area contributed by atoms with Crippen LogP contribution in [0.3, 0.4) is 0 Å². The fourth-order valence-corrected chi connectivity index (χ4v) is 2.81. The second-order valence-corrected chi connectivity index (χ2v) is 6.64. The molecule has 2 aromatic carbocycles. The van der Waals surface area contributed by atoms with E-state index in [9.17, 15) is 8.42 Å². The second-order valence-electron chi connectivity index (χ2n) is 4.65. The van der Waals surface area contributed by atoms with Crippen LogP contribution in [0, 0.1) is 35.0 Å². The molecule has 24 heavy (non-hydrogen) atoms. The largest absolute Gasteiger partial charge is 0.223 e. The maximum Gasteiger partial charge on any atom is 0.189 e. The van der Waals surface area contributed by atoms with Gasteiger partial charge < -0.3 is 0 Å². The van der Waals surface area contributed by atoms with E-state index in [2.05, 4.69) is 29.8 Å². The summed E-state index contributed by atoms with van der Waals surface area (Å²) in [6, 6.07) is 17.3. The van der Waals surface area contributed by atoms with Gasteiger partial charge in [-0.3, -0.25) is 0 Å². The fourth-order valence-electron chi connectivity index (χ4n) is 1.80. The zero-order valence-corrected chi connectivity index (χ0v) is 13.5. The highest BCUT2D eigenvalue weighted by atomic mass is 32.2. The summed E-state index contributed by atoms with van der Waals surface area (Å²) < 4.78 is 24.0. The summed E-state index contributed by atoms with van der Waals surface area (Å²) in [5, 5.41) is 8.95. The van der Waals surface area contributed by atoms with E-state index in [-0.39, 0.29) is 10.6 Å². The van der Waals surface area contributed by atoms with E-state index < -0.39 is 9.84 Å². The van der Waals surface area contributed by atoms with Crippen LogP contribution >= 0.6 is 0 Å². The lowest BCUT2D eigenvalue weighted by Crippen LogP contribution is -2.04. The van der Waals surface area contributed by atoms with Crippen LogP contribution in [0.25, 0.3) is 0 Å². The maximum absolute atomic E-state index is 12.0. The summed E-state index contributed by atoms with van der Waals surface area (Å²) in [6.07, 6.45) is 3.01. The highest BCUT2D eigenvalue weighted by molar-refractivity contribution is 7.91. The third-order valence-electron chi connectivity index (χ3n) is 2.97. The number of sulfone groups is 1. The molecule has 2 aromatic rings. The molecule has 0 unspecified atom stereocenters. The second kappa shape index (κ2) is 8.39. The number of rotatable bonds is 2. The first kappa shape index (κ1) is 17.1. The highest BCUT2D eigenvalue weighted by Crippen LogP contribution is 2.09. The van der Waals surface area contributed by atoms with Crippen molar-refractivity contribution in [1.82, 2.24) is 0 Å². The van der Waals surface area contributed by atoms with Gasteiger partial charge in [0.25, 0.3) is 0 Å². The molecule has 0 aliphatic heterocycles. The summed E-state index contributed by atoms with van der Waals surface area (Å²) in [5.74, 6) is 10.6. The lowest BCUT2D eigenvalue weighted by Gasteiger charge is -1.98. The van der Waals surface area contributed by atoms with E-state index in [0.29, 0.717) is 11.1 Å². The monoisotopic (exact) mass is 331 g/mol. The van der Waals surface area contributed by atoms with Gasteiger partial charge in [-0.25, -0.2) is 8.42 Å². The molecule has 0 N–H and O–H groups in total. The molecule has 0 aliphatic carbocycles. The molecule has 0 amide bonds. The lowest BCUT2D eigenvalue weighted by molar-refractivity contribution is 0.599. The smallest absolute Gasteiger partial charge is 0.189 e. The Morgan fingerprint density at radius 3 is 2.21 bits per heavy atom. The van der Waals surface area contributed by atoms with Crippen LogP contribution in [0.1, 0.15) is 11.1 Å². The minimum atomic E-state index is -3.38. The summed E-state index contributed by atoms with van der Waals surface area (Å²) in [4.78, 5) is 0.260. The van der Waals surface area contributed by atoms with E-state index in [1.807, 2.05) is 6.07 Å². The highest BCUT2D eigenvalue weighted by Gasteiger charge is 2.10. The first-order chi connectivity index (χ1) is 11.6. The number of benzene rings is 2. The average Bonchev–Trinajstić information content (AvgIpc) is 2.62. The van der Waals surface area contributed by atoms with Crippen LogP contribution in [0.5, 0.6) is 0 Å². The predicted octanol–water partition coefficient (Wildman–Crippen LogP) is 2.94. The van der Waals surface area contributed by atoms with Crippen molar-refractivity contribution in [3.05, 3.63) is 77.9 Å². The number of nitriles is 1. The number of nitrogens with zero attached hydrogens (tertiary/aromatic N) is 1. The van der Waals surface area contributed by atoms with E-state index in [1.54, 1.807) is 48.5 Å². The van der Waals surface area contributed by atoms with Crippen molar-refractivity contribution in [2.45, 2.75) is 4.90 Å². The Morgan fingerprint density at radius 2 is 1.50 bits per heavy atom. The Morgan fingerprint density at radius 1 is 0.875 bits per heavy atom. The standard InChI is InChI=1S/C20H13NO2S/c21-17-19-13-9-8-12-18(19)11-5-2-1-3-10-16-24(22,23)20-14-6-4-7-15-20/h1-2,4,6-9,12-15H,16H2/b2-1-. The molecule has 0 atom stereocenters. The van der Waals surface area contributed by atoms with Gasteiger partial charge in [-0.1, -0.05) is 54.0 Å². The van der Waals surface area contributed by atoms with E-state index in [1.165, 1.54) is 12.2 Å². The van der Waals surface area contributed by atoms with Crippen LogP contribution in [0.15, 0.2) is 71.6 Å². The van der Waals surface area contributed by atoms with Gasteiger partial charge in [0.1, 0.15) is 11.8 Å². The van der Waals surface area contributed by atoms with Gasteiger partial charge >= 0.3 is 0 Å². The third kappa shape index (κ3) is 4.89. The molecule has 0 aliphatic rings. The van der Waals surface area contributed by atoms with Crippen LogP contribution in [0.2, 0.25) is 0 Å². The van der Waals surface area contributed by atoms with E-state index in [0.717, 1.165) is 0 Å². The first-order valence-electron chi connectivity index (χ1n) is 7.05. The van der Waals surface area contributed by atoms with Crippen molar-refractivity contribution in [2.75, 3.05) is 5.75 Å². The van der Waals surface area contributed by atoms with Crippen molar-refractivity contribution in [2.24, 2.45) is 0 Å². The predicted molar refractivity (Wildman–Crippen MR) is 93.4 cm³/mol. The van der Waals surface area contributed by atoms with Gasteiger partial charge in [-0.2, -0.15) is 5.26 Å². The molecule has 0 saturated carbocycles. The molecule has 4 heteroatoms. The third-order valence-corrected chi connectivity index (χ3v) is 4.49. The Hall–Kier alpha value is -3.26. The SMILES string of the molecule is N#Cc1ccccc1C#C/C=C\C#CCS(=O)(=O)c1ccccc1. The maximum atomic E-state index is 12.0. The molecule has 116 valence electrons. The molecular formula is C20H13NO2S. The van der Waals surface area contributed by atoms with Crippen LogP contribution in [-0.4, -0.2) is 14.2 Å². The normalized spacial score (nSPS) is 10.1. The van der Waals surface area contributed by atoms with E-state index in [4.69, 9.17) is 5.26 Å². The molecule has 0 spiro atoms. The van der Waals surface area contributed by atoms with Crippen molar-refractivity contribution in [3.8, 4) is 29.8 Å². The van der Waals surface area contributed by atoms with Gasteiger partial charge in [0.05, 0.1) is 10.5 Å². The number of hydrogen-bond donors (Lipinski definition) is 0. The van der Waals surface area contributed by atoms with Crippen LogP contribution in [0.4, 0.5) is 0 Å². The van der Waals surface area contributed by atoms with Crippen LogP contribution < -0.4 is 0 Å². The molecule has 0 bridgehead atoms. The van der Waals surface area contributed by atoms with Gasteiger partial charge in [-0.15, -0.1) is 0 Å². The van der Waals surface area contributed by atoms with Gasteiger partial charge in [-0.05, 0) is 36.4 Å². The Kier molecular flexibility index (Phi) is 5.98. The fraction of sp³-hybridized carbons (Fsp3) is 0.0500. The lowest BCUT2D eigenvalue weighted by atomic mass is 10.1. The average molecular weight is 331 g/mol. The van der Waals surface area contributed by atoms with Crippen LogP contribution in [-0.2, 0) is 9.84 Å². The van der Waals surface area contributed by atoms with Crippen molar-refractivity contribution in [3.63, 3.8) is 0 Å². The number of allylic oxidation sites excluding steroid dienone is 2. The van der Waals surface area contributed by atoms with Crippen molar-refractivity contribution >= 4 is 9.84 Å². The first-order valence-corrected chi connectivity index (χ1v) is 8.70. The minimum absolute atomic E-state index is 0.244. The molecule has 0 aromatic heterocycles. The molecule has 0 heterocycles. The molecule has 0 radical (unpaired) electrons. The minimum Gasteiger partial charge on any atom is -0.223 e.